The fraction of sp³-hybridized carbons (Fsp3) is 0.150. The number of benzene rings is 1. The highest BCUT2D eigenvalue weighted by Crippen LogP contribution is 2.34. The molecule has 0 atom stereocenters. The molecule has 0 bridgehead atoms. The van der Waals surface area contributed by atoms with E-state index in [2.05, 4.69) is 25.6 Å². The number of nitrogens with one attached hydrogen (secondary N) is 2. The van der Waals surface area contributed by atoms with Gasteiger partial charge in [0, 0.05) is 30.4 Å². The van der Waals surface area contributed by atoms with E-state index in [1.54, 1.807) is 19.4 Å². The van der Waals surface area contributed by atoms with Gasteiger partial charge < -0.3 is 21.1 Å². The van der Waals surface area contributed by atoms with Crippen molar-refractivity contribution in [2.24, 2.45) is 5.73 Å². The third-order valence-corrected chi connectivity index (χ3v) is 5.19. The molecule has 0 aliphatic heterocycles. The van der Waals surface area contributed by atoms with E-state index in [0.29, 0.717) is 39.6 Å². The van der Waals surface area contributed by atoms with E-state index in [-0.39, 0.29) is 5.69 Å². The van der Waals surface area contributed by atoms with Gasteiger partial charge in [-0.05, 0) is 37.3 Å². The zero-order valence-corrected chi connectivity index (χ0v) is 17.2. The average Bonchev–Trinajstić information content (AvgIpc) is 3.18. The number of thiazole rings is 1. The van der Waals surface area contributed by atoms with Crippen LogP contribution < -0.4 is 21.1 Å². The molecule has 0 unspecified atom stereocenters. The Morgan fingerprint density at radius 3 is 2.80 bits per heavy atom. The van der Waals surface area contributed by atoms with Crippen molar-refractivity contribution < 1.29 is 9.53 Å². The number of pyridine rings is 1. The number of anilines is 3. The third-order valence-electron chi connectivity index (χ3n) is 4.20. The quantitative estimate of drug-likeness (QED) is 0.414. The highest BCUT2D eigenvalue weighted by atomic mass is 32.1. The molecule has 1 aromatic carbocycles. The van der Waals surface area contributed by atoms with Crippen molar-refractivity contribution in [1.29, 1.82) is 0 Å². The summed E-state index contributed by atoms with van der Waals surface area (Å²) in [5.41, 5.74) is 7.14. The van der Waals surface area contributed by atoms with Crippen molar-refractivity contribution in [3.8, 4) is 17.1 Å². The molecule has 0 saturated heterocycles. The van der Waals surface area contributed by atoms with E-state index in [9.17, 15) is 4.79 Å². The fourth-order valence-corrected chi connectivity index (χ4v) is 3.69. The Labute approximate surface area is 176 Å². The Bertz CT molecular complexity index is 1210. The highest BCUT2D eigenvalue weighted by molar-refractivity contribution is 7.19. The molecule has 152 valence electrons. The molecular formula is C20H19N7O2S. The van der Waals surface area contributed by atoms with Gasteiger partial charge in [0.05, 0.1) is 12.1 Å². The summed E-state index contributed by atoms with van der Waals surface area (Å²) in [4.78, 5) is 29.6. The van der Waals surface area contributed by atoms with E-state index in [1.807, 2.05) is 37.3 Å². The van der Waals surface area contributed by atoms with Gasteiger partial charge in [0.2, 0.25) is 0 Å². The Hall–Kier alpha value is -3.79. The number of rotatable bonds is 7. The van der Waals surface area contributed by atoms with Crippen molar-refractivity contribution in [2.75, 3.05) is 24.3 Å². The average molecular weight is 421 g/mol. The second-order valence-corrected chi connectivity index (χ2v) is 7.18. The lowest BCUT2D eigenvalue weighted by atomic mass is 10.2. The van der Waals surface area contributed by atoms with Crippen LogP contribution in [0.3, 0.4) is 0 Å². The number of nitrogens with zero attached hydrogens (tertiary/aromatic N) is 4. The first-order valence-electron chi connectivity index (χ1n) is 9.19. The zero-order chi connectivity index (χ0) is 21.1. The van der Waals surface area contributed by atoms with E-state index in [0.717, 1.165) is 10.9 Å². The van der Waals surface area contributed by atoms with Gasteiger partial charge >= 0.3 is 0 Å². The van der Waals surface area contributed by atoms with Crippen LogP contribution in [0.2, 0.25) is 0 Å². The van der Waals surface area contributed by atoms with Crippen LogP contribution in [0, 0.1) is 0 Å². The van der Waals surface area contributed by atoms with Crippen LogP contribution in [-0.2, 0) is 0 Å². The maximum absolute atomic E-state index is 11.9. The van der Waals surface area contributed by atoms with Crippen LogP contribution in [0.15, 0.2) is 42.7 Å². The first-order valence-corrected chi connectivity index (χ1v) is 10.0. The lowest BCUT2D eigenvalue weighted by molar-refractivity contribution is 0.0997. The molecule has 0 aliphatic carbocycles. The molecule has 4 rings (SSSR count). The molecule has 0 spiro atoms. The zero-order valence-electron chi connectivity index (χ0n) is 16.3. The Morgan fingerprint density at radius 1 is 1.23 bits per heavy atom. The van der Waals surface area contributed by atoms with Crippen LogP contribution in [0.1, 0.15) is 17.4 Å². The van der Waals surface area contributed by atoms with Gasteiger partial charge in [-0.1, -0.05) is 11.3 Å². The summed E-state index contributed by atoms with van der Waals surface area (Å²) >= 11 is 1.27. The maximum atomic E-state index is 11.9. The van der Waals surface area contributed by atoms with Crippen LogP contribution in [0.4, 0.5) is 16.0 Å². The minimum atomic E-state index is -0.629. The summed E-state index contributed by atoms with van der Waals surface area (Å²) in [6, 6.07) is 9.29. The van der Waals surface area contributed by atoms with Crippen molar-refractivity contribution in [1.82, 2.24) is 19.9 Å². The summed E-state index contributed by atoms with van der Waals surface area (Å²) in [7, 11) is 1.72. The number of fused-ring (bicyclic) bond motifs is 1. The van der Waals surface area contributed by atoms with Gasteiger partial charge in [0.15, 0.2) is 16.6 Å². The number of carbonyl (C=O) groups is 1. The second kappa shape index (κ2) is 8.29. The molecule has 0 fully saturated rings. The monoisotopic (exact) mass is 421 g/mol. The summed E-state index contributed by atoms with van der Waals surface area (Å²) < 4.78 is 5.63. The largest absolute Gasteiger partial charge is 0.494 e. The molecule has 0 saturated carbocycles. The van der Waals surface area contributed by atoms with Gasteiger partial charge in [0.1, 0.15) is 16.6 Å². The molecule has 0 radical (unpaired) electrons. The van der Waals surface area contributed by atoms with E-state index >= 15 is 0 Å². The van der Waals surface area contributed by atoms with Crippen molar-refractivity contribution in [2.45, 2.75) is 6.92 Å². The molecule has 0 aliphatic rings. The minimum absolute atomic E-state index is 0.139. The number of carbonyl (C=O) groups excluding carboxylic acids is 1. The minimum Gasteiger partial charge on any atom is -0.494 e. The molecule has 30 heavy (non-hydrogen) atoms. The number of aromatic nitrogens is 4. The second-order valence-electron chi connectivity index (χ2n) is 6.19. The van der Waals surface area contributed by atoms with Crippen molar-refractivity contribution in [3.63, 3.8) is 0 Å². The molecule has 9 nitrogen and oxygen atoms in total. The van der Waals surface area contributed by atoms with Gasteiger partial charge in [-0.2, -0.15) is 0 Å². The highest BCUT2D eigenvalue weighted by Gasteiger charge is 2.18. The SMILES string of the molecule is CCOc1ccc2nc(-c3cccnc3)nc(Nc3sc(NC)nc3C(N)=O)c2c1. The molecule has 1 amide bonds. The number of primary amides is 1. The summed E-state index contributed by atoms with van der Waals surface area (Å²) in [6.45, 7) is 2.45. The molecule has 3 heterocycles. The van der Waals surface area contributed by atoms with E-state index < -0.39 is 5.91 Å². The van der Waals surface area contributed by atoms with Gasteiger partial charge in [-0.25, -0.2) is 15.0 Å². The van der Waals surface area contributed by atoms with Crippen molar-refractivity contribution >= 4 is 44.1 Å². The summed E-state index contributed by atoms with van der Waals surface area (Å²) in [5, 5.41) is 7.94. The van der Waals surface area contributed by atoms with Crippen LogP contribution in [0.25, 0.3) is 22.3 Å². The number of amides is 1. The number of hydrogen-bond acceptors (Lipinski definition) is 9. The maximum Gasteiger partial charge on any atom is 0.270 e. The molecule has 4 aromatic rings. The smallest absolute Gasteiger partial charge is 0.270 e. The van der Waals surface area contributed by atoms with Crippen LogP contribution in [0.5, 0.6) is 5.75 Å². The third kappa shape index (κ3) is 3.85. The Balaban J connectivity index is 1.88. The van der Waals surface area contributed by atoms with E-state index in [1.165, 1.54) is 11.3 Å². The fourth-order valence-electron chi connectivity index (χ4n) is 2.87. The van der Waals surface area contributed by atoms with E-state index in [4.69, 9.17) is 15.5 Å². The molecule has 3 aromatic heterocycles. The molecule has 10 heteroatoms. The van der Waals surface area contributed by atoms with Crippen LogP contribution >= 0.6 is 11.3 Å². The Kier molecular flexibility index (Phi) is 5.40. The normalized spacial score (nSPS) is 10.7. The topological polar surface area (TPSA) is 128 Å². The van der Waals surface area contributed by atoms with Crippen LogP contribution in [-0.4, -0.2) is 39.5 Å². The summed E-state index contributed by atoms with van der Waals surface area (Å²) in [6.07, 6.45) is 3.38. The van der Waals surface area contributed by atoms with Gasteiger partial charge in [0.25, 0.3) is 5.91 Å². The Morgan fingerprint density at radius 2 is 2.10 bits per heavy atom. The summed E-state index contributed by atoms with van der Waals surface area (Å²) in [5.74, 6) is 1.08. The van der Waals surface area contributed by atoms with Crippen molar-refractivity contribution in [3.05, 3.63) is 48.4 Å². The number of hydrogen-bond donors (Lipinski definition) is 3. The standard InChI is InChI=1S/C20H19N7O2S/c1-3-29-12-6-7-14-13(9-12)18(26-17(24-14)11-5-4-8-23-10-11)27-19-15(16(21)28)25-20(22-2)30-19/h4-10H,3H2,1-2H3,(H2,21,28)(H,22,25)(H,24,26,27). The number of ether oxygens (including phenoxy) is 1. The predicted octanol–water partition coefficient (Wildman–Crippen LogP) is 3.43. The first-order chi connectivity index (χ1) is 14.6. The van der Waals surface area contributed by atoms with Gasteiger partial charge in [-0.3, -0.25) is 9.78 Å². The number of nitrogens with two attached hydrogens (primary N) is 1. The van der Waals surface area contributed by atoms with Gasteiger partial charge in [-0.15, -0.1) is 0 Å². The molecular weight excluding hydrogens is 402 g/mol. The first kappa shape index (κ1) is 19.5. The lowest BCUT2D eigenvalue weighted by Gasteiger charge is -2.12. The lowest BCUT2D eigenvalue weighted by Crippen LogP contribution is -2.13. The molecule has 4 N–H and O–H groups in total. The predicted molar refractivity (Wildman–Crippen MR) is 117 cm³/mol.